The molecule has 6 heteroatoms. The monoisotopic (exact) mass is 452 g/mol. The first-order chi connectivity index (χ1) is 15.9. The summed E-state index contributed by atoms with van der Waals surface area (Å²) < 4.78 is 10.2. The Kier molecular flexibility index (Phi) is 10.5. The van der Waals surface area contributed by atoms with Gasteiger partial charge in [-0.2, -0.15) is 0 Å². The summed E-state index contributed by atoms with van der Waals surface area (Å²) in [6.45, 7) is 5.92. The Balaban J connectivity index is 2.38. The molecule has 0 bridgehead atoms. The number of carbonyl (C=O) groups is 3. The molecule has 2 rings (SSSR count). The molecule has 2 aromatic rings. The Morgan fingerprint density at radius 1 is 0.939 bits per heavy atom. The number of esters is 2. The summed E-state index contributed by atoms with van der Waals surface area (Å²) in [5.74, 6) is -1.65. The van der Waals surface area contributed by atoms with E-state index in [1.54, 1.807) is 51.1 Å². The third-order valence-electron chi connectivity index (χ3n) is 5.17. The molecule has 0 saturated carbocycles. The van der Waals surface area contributed by atoms with Gasteiger partial charge in [0.25, 0.3) is 0 Å². The van der Waals surface area contributed by atoms with Gasteiger partial charge < -0.3 is 14.6 Å². The first kappa shape index (κ1) is 26.0. The zero-order valence-electron chi connectivity index (χ0n) is 19.5. The summed E-state index contributed by atoms with van der Waals surface area (Å²) >= 11 is 0. The van der Waals surface area contributed by atoms with Gasteiger partial charge in [0.2, 0.25) is 0 Å². The molecule has 176 valence electrons. The minimum Gasteiger partial charge on any atom is -0.466 e. The first-order valence-electron chi connectivity index (χ1n) is 11.3. The van der Waals surface area contributed by atoms with Gasteiger partial charge in [0.15, 0.2) is 5.78 Å². The molecule has 0 aromatic heterocycles. The average molecular weight is 453 g/mol. The van der Waals surface area contributed by atoms with Crippen LogP contribution in [-0.4, -0.2) is 42.6 Å². The minimum absolute atomic E-state index is 0.160. The number of ketones is 1. The molecular weight excluding hydrogens is 420 g/mol. The number of rotatable bonds is 12. The SMILES string of the molecule is CCOC(=O)c1cccc(C(=O)c2ccc(/C=C\CCCCO)c(C(C)C(=O)OCC)c2)c1. The van der Waals surface area contributed by atoms with Crippen LogP contribution in [0.4, 0.5) is 0 Å². The van der Waals surface area contributed by atoms with Gasteiger partial charge in [-0.25, -0.2) is 4.79 Å². The van der Waals surface area contributed by atoms with Gasteiger partial charge >= 0.3 is 11.9 Å². The molecule has 0 radical (unpaired) electrons. The molecule has 0 aliphatic carbocycles. The van der Waals surface area contributed by atoms with Gasteiger partial charge in [-0.3, -0.25) is 9.59 Å². The standard InChI is InChI=1S/C27H32O6/c1-4-32-26(30)19(3)24-18-22(15-14-20(24)11-8-6-7-9-16-28)25(29)21-12-10-13-23(17-21)27(31)33-5-2/h8,10-15,17-19,28H,4-7,9,16H2,1-3H3/b11-8-. The molecule has 2 aromatic carbocycles. The van der Waals surface area contributed by atoms with Crippen LogP contribution >= 0.6 is 0 Å². The highest BCUT2D eigenvalue weighted by molar-refractivity contribution is 6.10. The molecule has 0 fully saturated rings. The maximum absolute atomic E-state index is 13.2. The van der Waals surface area contributed by atoms with Crippen molar-refractivity contribution < 1.29 is 29.0 Å². The smallest absolute Gasteiger partial charge is 0.338 e. The van der Waals surface area contributed by atoms with Crippen molar-refractivity contribution >= 4 is 23.8 Å². The molecule has 1 unspecified atom stereocenters. The van der Waals surface area contributed by atoms with Crippen molar-refractivity contribution in [3.63, 3.8) is 0 Å². The lowest BCUT2D eigenvalue weighted by Gasteiger charge is -2.15. The van der Waals surface area contributed by atoms with Gasteiger partial charge in [-0.1, -0.05) is 36.4 Å². The number of unbranched alkanes of at least 4 members (excludes halogenated alkanes) is 2. The van der Waals surface area contributed by atoms with Crippen LogP contribution in [0.5, 0.6) is 0 Å². The van der Waals surface area contributed by atoms with Crippen LogP contribution in [0.1, 0.15) is 83.4 Å². The number of allylic oxidation sites excluding steroid dienone is 1. The number of aliphatic hydroxyl groups excluding tert-OH is 1. The van der Waals surface area contributed by atoms with Crippen molar-refractivity contribution in [2.45, 2.75) is 46.0 Å². The largest absolute Gasteiger partial charge is 0.466 e. The van der Waals surface area contributed by atoms with E-state index in [0.717, 1.165) is 24.8 Å². The van der Waals surface area contributed by atoms with E-state index in [0.29, 0.717) is 22.3 Å². The van der Waals surface area contributed by atoms with E-state index >= 15 is 0 Å². The lowest BCUT2D eigenvalue weighted by atomic mass is 9.91. The number of carbonyl (C=O) groups excluding carboxylic acids is 3. The van der Waals surface area contributed by atoms with Crippen molar-refractivity contribution in [1.29, 1.82) is 0 Å². The molecule has 0 heterocycles. The Morgan fingerprint density at radius 3 is 2.33 bits per heavy atom. The van der Waals surface area contributed by atoms with E-state index < -0.39 is 11.9 Å². The Bertz CT molecular complexity index is 992. The van der Waals surface area contributed by atoms with Gasteiger partial charge in [0.05, 0.1) is 24.7 Å². The van der Waals surface area contributed by atoms with Crippen molar-refractivity contribution in [3.05, 3.63) is 76.4 Å². The van der Waals surface area contributed by atoms with Crippen LogP contribution < -0.4 is 0 Å². The fourth-order valence-corrected chi connectivity index (χ4v) is 3.39. The summed E-state index contributed by atoms with van der Waals surface area (Å²) in [6.07, 6.45) is 6.32. The van der Waals surface area contributed by atoms with Gasteiger partial charge in [0.1, 0.15) is 0 Å². The molecule has 1 N–H and O–H groups in total. The number of aliphatic hydroxyl groups is 1. The van der Waals surface area contributed by atoms with Gasteiger partial charge in [-0.15, -0.1) is 0 Å². The topological polar surface area (TPSA) is 89.9 Å². The highest BCUT2D eigenvalue weighted by atomic mass is 16.5. The summed E-state index contributed by atoms with van der Waals surface area (Å²) in [4.78, 5) is 37.7. The third kappa shape index (κ3) is 7.39. The summed E-state index contributed by atoms with van der Waals surface area (Å²) in [7, 11) is 0. The number of benzene rings is 2. The molecule has 0 aliphatic rings. The zero-order valence-corrected chi connectivity index (χ0v) is 19.5. The van der Waals surface area contributed by atoms with E-state index in [1.807, 2.05) is 18.2 Å². The fourth-order valence-electron chi connectivity index (χ4n) is 3.39. The number of hydrogen-bond donors (Lipinski definition) is 1. The molecule has 6 nitrogen and oxygen atoms in total. The Labute approximate surface area is 195 Å². The summed E-state index contributed by atoms with van der Waals surface area (Å²) in [6, 6.07) is 11.7. The van der Waals surface area contributed by atoms with E-state index in [4.69, 9.17) is 14.6 Å². The second-order valence-corrected chi connectivity index (χ2v) is 7.57. The molecule has 1 atom stereocenters. The summed E-state index contributed by atoms with van der Waals surface area (Å²) in [5.41, 5.74) is 2.61. The molecule has 0 saturated heterocycles. The lowest BCUT2D eigenvalue weighted by molar-refractivity contribution is -0.144. The van der Waals surface area contributed by atoms with Crippen molar-refractivity contribution in [1.82, 2.24) is 0 Å². The van der Waals surface area contributed by atoms with E-state index in [2.05, 4.69) is 0 Å². The number of hydrogen-bond acceptors (Lipinski definition) is 6. The Hall–Kier alpha value is -3.25. The van der Waals surface area contributed by atoms with Crippen LogP contribution in [0.2, 0.25) is 0 Å². The predicted molar refractivity (Wildman–Crippen MR) is 127 cm³/mol. The number of ether oxygens (including phenoxy) is 2. The normalized spacial score (nSPS) is 11.9. The average Bonchev–Trinajstić information content (AvgIpc) is 2.83. The van der Waals surface area contributed by atoms with Crippen LogP contribution in [0.25, 0.3) is 6.08 Å². The highest BCUT2D eigenvalue weighted by Gasteiger charge is 2.21. The van der Waals surface area contributed by atoms with Crippen LogP contribution in [0.3, 0.4) is 0 Å². The first-order valence-corrected chi connectivity index (χ1v) is 11.3. The molecule has 0 spiro atoms. The molecule has 0 aliphatic heterocycles. The van der Waals surface area contributed by atoms with Crippen LogP contribution in [0.15, 0.2) is 48.5 Å². The second-order valence-electron chi connectivity index (χ2n) is 7.57. The lowest BCUT2D eigenvalue weighted by Crippen LogP contribution is -2.15. The van der Waals surface area contributed by atoms with E-state index in [1.165, 1.54) is 6.07 Å². The fraction of sp³-hybridized carbons (Fsp3) is 0.370. The molecular formula is C27H32O6. The Morgan fingerprint density at radius 2 is 1.64 bits per heavy atom. The van der Waals surface area contributed by atoms with Crippen molar-refractivity contribution in [2.24, 2.45) is 0 Å². The zero-order chi connectivity index (χ0) is 24.2. The minimum atomic E-state index is -0.555. The maximum Gasteiger partial charge on any atom is 0.338 e. The van der Waals surface area contributed by atoms with Crippen molar-refractivity contribution in [2.75, 3.05) is 19.8 Å². The van der Waals surface area contributed by atoms with Crippen LogP contribution in [0, 0.1) is 0 Å². The summed E-state index contributed by atoms with van der Waals surface area (Å²) in [5, 5.41) is 8.93. The van der Waals surface area contributed by atoms with Gasteiger partial charge in [0, 0.05) is 17.7 Å². The maximum atomic E-state index is 13.2. The van der Waals surface area contributed by atoms with Crippen molar-refractivity contribution in [3.8, 4) is 0 Å². The van der Waals surface area contributed by atoms with E-state index in [-0.39, 0.29) is 31.6 Å². The second kappa shape index (κ2) is 13.3. The predicted octanol–water partition coefficient (Wildman–Crippen LogP) is 4.94. The molecule has 33 heavy (non-hydrogen) atoms. The van der Waals surface area contributed by atoms with Gasteiger partial charge in [-0.05, 0) is 69.4 Å². The van der Waals surface area contributed by atoms with E-state index in [9.17, 15) is 14.4 Å². The van der Waals surface area contributed by atoms with Crippen LogP contribution in [-0.2, 0) is 14.3 Å². The quantitative estimate of drug-likeness (QED) is 0.279. The molecule has 0 amide bonds. The highest BCUT2D eigenvalue weighted by Crippen LogP contribution is 2.26. The third-order valence-corrected chi connectivity index (χ3v) is 5.17.